The molecule has 3 aromatic rings. The molecule has 0 saturated carbocycles. The first-order valence-corrected chi connectivity index (χ1v) is 18.2. The molecular formula is C36H49F2N5O5S. The van der Waals surface area contributed by atoms with Gasteiger partial charge in [-0.15, -0.1) is 0 Å². The zero-order valence-corrected chi connectivity index (χ0v) is 29.5. The van der Waals surface area contributed by atoms with E-state index >= 15 is 0 Å². The van der Waals surface area contributed by atoms with E-state index in [0.29, 0.717) is 39.0 Å². The van der Waals surface area contributed by atoms with Crippen LogP contribution in [0.3, 0.4) is 0 Å². The molecule has 1 amide bonds. The van der Waals surface area contributed by atoms with E-state index in [9.17, 15) is 26.8 Å². The molecule has 0 radical (unpaired) electrons. The average molecular weight is 702 g/mol. The number of nitrogens with two attached hydrogens (primary N) is 1. The van der Waals surface area contributed by atoms with Gasteiger partial charge in [0, 0.05) is 56.9 Å². The molecule has 10 nitrogen and oxygen atoms in total. The second-order valence-electron chi connectivity index (χ2n) is 11.9. The number of hydrogen-bond acceptors (Lipinski definition) is 8. The third-order valence-corrected chi connectivity index (χ3v) is 9.29. The minimum absolute atomic E-state index is 0.0177. The number of esters is 1. The molecule has 3 rings (SSSR count). The Hall–Kier alpha value is -3.75. The lowest BCUT2D eigenvalue weighted by Crippen LogP contribution is -2.46. The summed E-state index contributed by atoms with van der Waals surface area (Å²) in [5, 5.41) is 6.12. The normalized spacial score (nSPS) is 12.8. The fourth-order valence-electron chi connectivity index (χ4n) is 5.36. The highest BCUT2D eigenvalue weighted by Gasteiger charge is 2.27. The SMILES string of the molecule is CCCN(CCC)C(=O)c1cc(C(=O)O[C@H](CNCc2cccc(CC)c2)[C@@H](N)Cc2cc(F)cc(F)c2)cc(S(=O)(=O)NCCNC)c1. The summed E-state index contributed by atoms with van der Waals surface area (Å²) < 4.78 is 62.9. The lowest BCUT2D eigenvalue weighted by molar-refractivity contribution is 0.0238. The van der Waals surface area contributed by atoms with E-state index in [0.717, 1.165) is 35.7 Å². The zero-order valence-electron chi connectivity index (χ0n) is 28.7. The molecule has 3 aromatic carbocycles. The molecule has 0 spiro atoms. The summed E-state index contributed by atoms with van der Waals surface area (Å²) in [5.41, 5.74) is 8.82. The molecule has 0 saturated heterocycles. The molecule has 0 aromatic heterocycles. The first-order valence-electron chi connectivity index (χ1n) is 16.7. The lowest BCUT2D eigenvalue weighted by Gasteiger charge is -2.25. The van der Waals surface area contributed by atoms with Crippen LogP contribution >= 0.6 is 0 Å². The van der Waals surface area contributed by atoms with Crippen LogP contribution in [-0.4, -0.2) is 77.1 Å². The molecule has 5 N–H and O–H groups in total. The molecule has 0 bridgehead atoms. The van der Waals surface area contributed by atoms with E-state index in [4.69, 9.17) is 10.5 Å². The van der Waals surface area contributed by atoms with Gasteiger partial charge >= 0.3 is 5.97 Å². The maximum Gasteiger partial charge on any atom is 0.338 e. The van der Waals surface area contributed by atoms with Crippen molar-refractivity contribution in [2.24, 2.45) is 5.73 Å². The third-order valence-electron chi connectivity index (χ3n) is 7.84. The summed E-state index contributed by atoms with van der Waals surface area (Å²) in [5.74, 6) is -2.84. The van der Waals surface area contributed by atoms with Crippen LogP contribution in [0, 0.1) is 11.6 Å². The fraction of sp³-hybridized carbons (Fsp3) is 0.444. The molecule has 0 heterocycles. The second-order valence-corrected chi connectivity index (χ2v) is 13.7. The van der Waals surface area contributed by atoms with Crippen molar-refractivity contribution in [2.45, 2.75) is 70.0 Å². The van der Waals surface area contributed by atoms with Crippen LogP contribution in [0.15, 0.2) is 65.6 Å². The first kappa shape index (κ1) is 39.7. The molecule has 0 aliphatic rings. The number of aryl methyl sites for hydroxylation is 1. The topological polar surface area (TPSA) is 143 Å². The molecular weight excluding hydrogens is 652 g/mol. The van der Waals surface area contributed by atoms with Gasteiger partial charge in [-0.3, -0.25) is 4.79 Å². The van der Waals surface area contributed by atoms with Crippen molar-refractivity contribution in [1.82, 2.24) is 20.3 Å². The number of rotatable bonds is 20. The smallest absolute Gasteiger partial charge is 0.338 e. The Morgan fingerprint density at radius 3 is 2.16 bits per heavy atom. The zero-order chi connectivity index (χ0) is 36.0. The second kappa shape index (κ2) is 19.4. The van der Waals surface area contributed by atoms with Crippen LogP contribution in [0.2, 0.25) is 0 Å². The highest BCUT2D eigenvalue weighted by molar-refractivity contribution is 7.89. The van der Waals surface area contributed by atoms with Crippen molar-refractivity contribution >= 4 is 21.9 Å². The molecule has 0 fully saturated rings. The van der Waals surface area contributed by atoms with Crippen molar-refractivity contribution in [3.05, 3.63) is 100 Å². The van der Waals surface area contributed by atoms with Gasteiger partial charge < -0.3 is 26.0 Å². The summed E-state index contributed by atoms with van der Waals surface area (Å²) in [6.07, 6.45) is 1.22. The summed E-state index contributed by atoms with van der Waals surface area (Å²) in [7, 11) is -2.43. The van der Waals surface area contributed by atoms with Crippen molar-refractivity contribution in [3.8, 4) is 0 Å². The maximum absolute atomic E-state index is 14.0. The number of benzene rings is 3. The number of hydrogen-bond donors (Lipinski definition) is 4. The number of amides is 1. The van der Waals surface area contributed by atoms with Gasteiger partial charge in [-0.05, 0) is 79.8 Å². The summed E-state index contributed by atoms with van der Waals surface area (Å²) in [4.78, 5) is 28.8. The molecule has 0 unspecified atom stereocenters. The summed E-state index contributed by atoms with van der Waals surface area (Å²) >= 11 is 0. The van der Waals surface area contributed by atoms with Gasteiger partial charge in [-0.2, -0.15) is 0 Å². The van der Waals surface area contributed by atoms with Gasteiger partial charge in [0.2, 0.25) is 10.0 Å². The van der Waals surface area contributed by atoms with Crippen LogP contribution in [0.5, 0.6) is 0 Å². The molecule has 268 valence electrons. The van der Waals surface area contributed by atoms with Crippen LogP contribution in [-0.2, 0) is 34.1 Å². The minimum Gasteiger partial charge on any atom is -0.456 e. The molecule has 49 heavy (non-hydrogen) atoms. The minimum atomic E-state index is -4.12. The third kappa shape index (κ3) is 12.3. The Morgan fingerprint density at radius 1 is 0.878 bits per heavy atom. The van der Waals surface area contributed by atoms with Gasteiger partial charge in [0.05, 0.1) is 10.5 Å². The van der Waals surface area contributed by atoms with Crippen LogP contribution in [0.25, 0.3) is 0 Å². The number of carbonyl (C=O) groups excluding carboxylic acids is 2. The largest absolute Gasteiger partial charge is 0.456 e. The monoisotopic (exact) mass is 701 g/mol. The Bertz CT molecular complexity index is 1630. The number of carbonyl (C=O) groups is 2. The van der Waals surface area contributed by atoms with Gasteiger partial charge in [0.25, 0.3) is 5.91 Å². The molecule has 0 aliphatic carbocycles. The number of nitrogens with zero attached hydrogens (tertiary/aromatic N) is 1. The van der Waals surface area contributed by atoms with E-state index in [1.165, 1.54) is 18.2 Å². The number of sulfonamides is 1. The highest BCUT2D eigenvalue weighted by atomic mass is 32.2. The first-order chi connectivity index (χ1) is 23.4. The Kier molecular flexibility index (Phi) is 15.7. The Labute approximate surface area is 288 Å². The van der Waals surface area contributed by atoms with Gasteiger partial charge in [-0.1, -0.05) is 45.0 Å². The van der Waals surface area contributed by atoms with E-state index in [2.05, 4.69) is 28.3 Å². The number of ether oxygens (including phenoxy) is 1. The van der Waals surface area contributed by atoms with Crippen molar-refractivity contribution in [2.75, 3.05) is 39.8 Å². The van der Waals surface area contributed by atoms with Gasteiger partial charge in [0.15, 0.2) is 0 Å². The average Bonchev–Trinajstić information content (AvgIpc) is 3.06. The van der Waals surface area contributed by atoms with Crippen molar-refractivity contribution < 1.29 is 31.5 Å². The number of likely N-dealkylation sites (N-methyl/N-ethyl adjacent to an activating group) is 1. The number of halogens is 2. The van der Waals surface area contributed by atoms with Crippen molar-refractivity contribution in [3.63, 3.8) is 0 Å². The van der Waals surface area contributed by atoms with Gasteiger partial charge in [-0.25, -0.2) is 26.7 Å². The Morgan fingerprint density at radius 2 is 1.53 bits per heavy atom. The summed E-state index contributed by atoms with van der Waals surface area (Å²) in [6.45, 7) is 7.78. The lowest BCUT2D eigenvalue weighted by atomic mass is 10.0. The van der Waals surface area contributed by atoms with Crippen LogP contribution in [0.4, 0.5) is 8.78 Å². The van der Waals surface area contributed by atoms with E-state index < -0.39 is 45.7 Å². The maximum atomic E-state index is 14.0. The van der Waals surface area contributed by atoms with E-state index in [-0.39, 0.29) is 41.1 Å². The van der Waals surface area contributed by atoms with Gasteiger partial charge in [0.1, 0.15) is 17.7 Å². The quantitative estimate of drug-likeness (QED) is 0.102. The molecule has 13 heteroatoms. The van der Waals surface area contributed by atoms with Crippen molar-refractivity contribution in [1.29, 1.82) is 0 Å². The standard InChI is InChI=1S/C36H49F2N5O5S/c1-5-13-43(14-6-2)35(44)28-19-29(21-32(20-28)49(46,47)42-12-11-40-4)36(45)48-34(24-41-23-26-10-8-9-25(7-3)15-26)33(39)18-27-16-30(37)22-31(38)17-27/h8-10,15-17,19-22,33-34,40-42H,5-7,11-14,18,23-24,39H2,1-4H3/t33-,34+/m0/s1. The van der Waals surface area contributed by atoms with Crippen LogP contribution in [0.1, 0.15) is 71.0 Å². The van der Waals surface area contributed by atoms with E-state index in [1.54, 1.807) is 11.9 Å². The predicted molar refractivity (Wildman–Crippen MR) is 187 cm³/mol. The highest BCUT2D eigenvalue weighted by Crippen LogP contribution is 2.20. The van der Waals surface area contributed by atoms with Crippen LogP contribution < -0.4 is 21.1 Å². The number of nitrogens with one attached hydrogen (secondary N) is 3. The predicted octanol–water partition coefficient (Wildman–Crippen LogP) is 4.17. The molecule has 0 aliphatic heterocycles. The fourth-order valence-corrected chi connectivity index (χ4v) is 6.46. The van der Waals surface area contributed by atoms with E-state index in [1.807, 2.05) is 32.0 Å². The summed E-state index contributed by atoms with van der Waals surface area (Å²) in [6, 6.07) is 13.9. The molecule has 2 atom stereocenters. The Balaban J connectivity index is 1.97.